The Bertz CT molecular complexity index is 870. The molecule has 1 unspecified atom stereocenters. The summed E-state index contributed by atoms with van der Waals surface area (Å²) in [5.41, 5.74) is 1.83. The van der Waals surface area contributed by atoms with E-state index >= 15 is 0 Å². The summed E-state index contributed by atoms with van der Waals surface area (Å²) in [4.78, 5) is 21.1. The molecule has 0 aliphatic heterocycles. The summed E-state index contributed by atoms with van der Waals surface area (Å²) in [5.74, 6) is 1.20. The normalized spacial score (nSPS) is 19.0. The zero-order chi connectivity index (χ0) is 23.1. The van der Waals surface area contributed by atoms with Gasteiger partial charge in [-0.2, -0.15) is 4.72 Å². The van der Waals surface area contributed by atoms with Crippen molar-refractivity contribution in [1.82, 2.24) is 20.0 Å². The molecule has 1 amide bonds. The first kappa shape index (κ1) is 24.2. The van der Waals surface area contributed by atoms with Crippen LogP contribution in [0.5, 0.6) is 0 Å². The molecule has 6 N–H and O–H groups in total. The summed E-state index contributed by atoms with van der Waals surface area (Å²) in [6.07, 6.45) is 3.08. The molecule has 1 aliphatic carbocycles. The lowest BCUT2D eigenvalue weighted by Crippen LogP contribution is -2.40. The van der Waals surface area contributed by atoms with Crippen molar-refractivity contribution >= 4 is 29.7 Å². The molecule has 1 heterocycles. The third-order valence-electron chi connectivity index (χ3n) is 5.22. The molecule has 0 saturated heterocycles. The standard InChI is InChI=1S/C21H29N5O5S/c1-3-13(2)24-20(27)31-12-14-8-15(9-14)16-10-22-19(23-11-16)25-17-4-6-18(7-5-17)32-26-21(28,29)30/h4-7,10-11,13-15,26,28-30H,3,8-9,12H2,1-2H3,(H,24,27)(H,22,23,25). The zero-order valence-electron chi connectivity index (χ0n) is 18.0. The number of aliphatic hydroxyl groups is 3. The fourth-order valence-electron chi connectivity index (χ4n) is 3.16. The molecule has 0 radical (unpaired) electrons. The van der Waals surface area contributed by atoms with Crippen molar-refractivity contribution in [1.29, 1.82) is 0 Å². The minimum absolute atomic E-state index is 0.115. The second-order valence-electron chi connectivity index (χ2n) is 7.92. The van der Waals surface area contributed by atoms with E-state index in [4.69, 9.17) is 20.1 Å². The number of carbonyl (C=O) groups excluding carboxylic acids is 1. The molecule has 1 aliphatic rings. The van der Waals surface area contributed by atoms with Gasteiger partial charge in [-0.25, -0.2) is 14.8 Å². The topological polar surface area (TPSA) is 149 Å². The van der Waals surface area contributed by atoms with Crippen molar-refractivity contribution in [3.63, 3.8) is 0 Å². The van der Waals surface area contributed by atoms with Gasteiger partial charge in [0.15, 0.2) is 0 Å². The summed E-state index contributed by atoms with van der Waals surface area (Å²) in [7, 11) is 0. The number of nitrogens with one attached hydrogen (secondary N) is 3. The summed E-state index contributed by atoms with van der Waals surface area (Å²) in [6.45, 7) is 4.39. The summed E-state index contributed by atoms with van der Waals surface area (Å²) >= 11 is 0.875. The fourth-order valence-corrected chi connectivity index (χ4v) is 3.69. The van der Waals surface area contributed by atoms with E-state index in [0.717, 1.165) is 42.5 Å². The highest BCUT2D eigenvalue weighted by atomic mass is 32.2. The minimum Gasteiger partial charge on any atom is -0.449 e. The van der Waals surface area contributed by atoms with Crippen molar-refractivity contribution in [2.24, 2.45) is 5.92 Å². The average Bonchev–Trinajstić information content (AvgIpc) is 2.72. The Morgan fingerprint density at radius 3 is 2.47 bits per heavy atom. The van der Waals surface area contributed by atoms with E-state index in [0.29, 0.717) is 29.3 Å². The fraction of sp³-hybridized carbons (Fsp3) is 0.476. The minimum atomic E-state index is -2.94. The van der Waals surface area contributed by atoms with E-state index in [-0.39, 0.29) is 12.1 Å². The molecule has 2 aromatic rings. The van der Waals surface area contributed by atoms with Gasteiger partial charge in [0, 0.05) is 29.0 Å². The maximum absolute atomic E-state index is 11.7. The molecule has 1 fully saturated rings. The van der Waals surface area contributed by atoms with E-state index in [1.54, 1.807) is 24.3 Å². The Labute approximate surface area is 191 Å². The predicted molar refractivity (Wildman–Crippen MR) is 120 cm³/mol. The van der Waals surface area contributed by atoms with E-state index in [9.17, 15) is 4.79 Å². The van der Waals surface area contributed by atoms with Gasteiger partial charge in [0.2, 0.25) is 5.95 Å². The number of hydrogen-bond acceptors (Lipinski definition) is 10. The van der Waals surface area contributed by atoms with E-state index in [1.807, 2.05) is 26.2 Å². The SMILES string of the molecule is CCC(C)NC(=O)OCC1CC(c2cnc(Nc3ccc(SNC(O)(O)O)cc3)nc2)C1. The lowest BCUT2D eigenvalue weighted by Gasteiger charge is -2.34. The number of aromatic nitrogens is 2. The third kappa shape index (κ3) is 7.61. The van der Waals surface area contributed by atoms with Crippen LogP contribution in [-0.2, 0) is 4.74 Å². The Balaban J connectivity index is 1.41. The van der Waals surface area contributed by atoms with Crippen molar-refractivity contribution in [2.45, 2.75) is 56.1 Å². The van der Waals surface area contributed by atoms with Crippen molar-refractivity contribution in [3.8, 4) is 0 Å². The lowest BCUT2D eigenvalue weighted by molar-refractivity contribution is -0.317. The van der Waals surface area contributed by atoms with Crippen LogP contribution in [0.1, 0.15) is 44.6 Å². The van der Waals surface area contributed by atoms with Crippen LogP contribution in [0.15, 0.2) is 41.6 Å². The predicted octanol–water partition coefficient (Wildman–Crippen LogP) is 2.42. The summed E-state index contributed by atoms with van der Waals surface area (Å²) in [6, 6.07) is 7.15. The van der Waals surface area contributed by atoms with Crippen LogP contribution in [0, 0.1) is 5.92 Å². The number of nitrogens with zero attached hydrogens (tertiary/aromatic N) is 2. The van der Waals surface area contributed by atoms with Gasteiger partial charge in [0.05, 0.1) is 6.61 Å². The number of amides is 1. The number of rotatable bonds is 10. The smallest absolute Gasteiger partial charge is 0.407 e. The van der Waals surface area contributed by atoms with Gasteiger partial charge in [0.25, 0.3) is 0 Å². The van der Waals surface area contributed by atoms with Gasteiger partial charge in [-0.15, -0.1) is 0 Å². The van der Waals surface area contributed by atoms with Gasteiger partial charge in [-0.3, -0.25) is 0 Å². The number of alkyl carbamates (subject to hydrolysis) is 1. The number of hydrogen-bond donors (Lipinski definition) is 6. The van der Waals surface area contributed by atoms with Crippen molar-refractivity contribution in [2.75, 3.05) is 11.9 Å². The maximum atomic E-state index is 11.7. The molecule has 1 saturated carbocycles. The van der Waals surface area contributed by atoms with Crippen LogP contribution in [0.25, 0.3) is 0 Å². The third-order valence-corrected chi connectivity index (χ3v) is 6.11. The molecule has 1 aromatic carbocycles. The summed E-state index contributed by atoms with van der Waals surface area (Å²) in [5, 5.41) is 32.4. The van der Waals surface area contributed by atoms with Crippen LogP contribution < -0.4 is 15.4 Å². The van der Waals surface area contributed by atoms with Crippen LogP contribution in [0.3, 0.4) is 0 Å². The van der Waals surface area contributed by atoms with Crippen LogP contribution in [-0.4, -0.2) is 50.1 Å². The van der Waals surface area contributed by atoms with Gasteiger partial charge in [0.1, 0.15) is 0 Å². The average molecular weight is 464 g/mol. The number of ether oxygens (including phenoxy) is 1. The van der Waals surface area contributed by atoms with Crippen molar-refractivity contribution < 1.29 is 24.9 Å². The van der Waals surface area contributed by atoms with Gasteiger partial charge < -0.3 is 30.7 Å². The van der Waals surface area contributed by atoms with E-state index in [1.165, 1.54) is 0 Å². The highest BCUT2D eigenvalue weighted by Gasteiger charge is 2.31. The van der Waals surface area contributed by atoms with Crippen LogP contribution in [0.2, 0.25) is 0 Å². The van der Waals surface area contributed by atoms with Gasteiger partial charge in [-0.05, 0) is 79.8 Å². The molecular weight excluding hydrogens is 434 g/mol. The largest absolute Gasteiger partial charge is 0.449 e. The molecule has 3 rings (SSSR count). The Morgan fingerprint density at radius 2 is 1.88 bits per heavy atom. The second-order valence-corrected chi connectivity index (χ2v) is 8.80. The molecule has 0 bridgehead atoms. The molecule has 11 heteroatoms. The highest BCUT2D eigenvalue weighted by Crippen LogP contribution is 2.41. The van der Waals surface area contributed by atoms with Crippen LogP contribution in [0.4, 0.5) is 16.4 Å². The molecular formula is C21H29N5O5S. The number of anilines is 2. The van der Waals surface area contributed by atoms with Gasteiger partial charge in [-0.1, -0.05) is 6.92 Å². The monoisotopic (exact) mass is 463 g/mol. The first-order chi connectivity index (χ1) is 15.2. The lowest BCUT2D eigenvalue weighted by atomic mass is 9.72. The Hall–Kier alpha value is -2.44. The molecule has 32 heavy (non-hydrogen) atoms. The summed E-state index contributed by atoms with van der Waals surface area (Å²) < 4.78 is 7.37. The first-order valence-electron chi connectivity index (χ1n) is 10.4. The second kappa shape index (κ2) is 10.9. The van der Waals surface area contributed by atoms with E-state index < -0.39 is 6.10 Å². The first-order valence-corrected chi connectivity index (χ1v) is 11.3. The van der Waals surface area contributed by atoms with Gasteiger partial charge >= 0.3 is 12.2 Å². The Kier molecular flexibility index (Phi) is 8.26. The zero-order valence-corrected chi connectivity index (χ0v) is 18.8. The van der Waals surface area contributed by atoms with E-state index in [2.05, 4.69) is 25.3 Å². The molecule has 174 valence electrons. The molecule has 10 nitrogen and oxygen atoms in total. The molecule has 0 spiro atoms. The van der Waals surface area contributed by atoms with Crippen molar-refractivity contribution in [3.05, 3.63) is 42.2 Å². The highest BCUT2D eigenvalue weighted by molar-refractivity contribution is 7.97. The quantitative estimate of drug-likeness (QED) is 0.229. The molecule has 1 aromatic heterocycles. The number of carbonyl (C=O) groups is 1. The maximum Gasteiger partial charge on any atom is 0.407 e. The molecule has 1 atom stereocenters. The Morgan fingerprint density at radius 1 is 1.22 bits per heavy atom. The van der Waals surface area contributed by atoms with Crippen LogP contribution >= 0.6 is 11.9 Å². The number of benzene rings is 1.